The molecule has 0 unspecified atom stereocenters. The SMILES string of the molecule is CC(C)(C)C(c1ccc(O)cc1)c1ccc(O)cc1. The van der Waals surface area contributed by atoms with Gasteiger partial charge < -0.3 is 10.2 Å². The van der Waals surface area contributed by atoms with Gasteiger partial charge in [-0.1, -0.05) is 45.0 Å². The van der Waals surface area contributed by atoms with Crippen molar-refractivity contribution in [1.29, 1.82) is 0 Å². The lowest BCUT2D eigenvalue weighted by atomic mass is 9.72. The molecular weight excluding hydrogens is 236 g/mol. The number of hydrogen-bond donors (Lipinski definition) is 2. The topological polar surface area (TPSA) is 40.5 Å². The molecule has 2 aromatic carbocycles. The number of phenolic OH excluding ortho intramolecular Hbond substituents is 2. The van der Waals surface area contributed by atoms with Crippen LogP contribution in [0.25, 0.3) is 0 Å². The van der Waals surface area contributed by atoms with Gasteiger partial charge in [-0.3, -0.25) is 0 Å². The van der Waals surface area contributed by atoms with Crippen molar-refractivity contribution in [2.75, 3.05) is 0 Å². The maximum atomic E-state index is 9.42. The highest BCUT2D eigenvalue weighted by Crippen LogP contribution is 2.41. The molecule has 0 spiro atoms. The minimum absolute atomic E-state index is 0.0495. The normalized spacial score (nSPS) is 11.8. The highest BCUT2D eigenvalue weighted by atomic mass is 16.3. The van der Waals surface area contributed by atoms with Crippen molar-refractivity contribution in [3.63, 3.8) is 0 Å². The van der Waals surface area contributed by atoms with Gasteiger partial charge in [-0.15, -0.1) is 0 Å². The molecule has 0 saturated heterocycles. The van der Waals surface area contributed by atoms with Crippen molar-refractivity contribution in [3.05, 3.63) is 59.7 Å². The van der Waals surface area contributed by atoms with Gasteiger partial charge in [0, 0.05) is 5.92 Å². The zero-order valence-corrected chi connectivity index (χ0v) is 11.6. The first-order valence-electron chi connectivity index (χ1n) is 6.46. The van der Waals surface area contributed by atoms with E-state index in [1.165, 1.54) is 0 Å². The Morgan fingerprint density at radius 2 is 1.00 bits per heavy atom. The van der Waals surface area contributed by atoms with Gasteiger partial charge in [0.15, 0.2) is 0 Å². The molecule has 0 aliphatic heterocycles. The first kappa shape index (κ1) is 13.5. The minimum atomic E-state index is 0.0495. The van der Waals surface area contributed by atoms with E-state index in [0.29, 0.717) is 0 Å². The smallest absolute Gasteiger partial charge is 0.115 e. The Morgan fingerprint density at radius 1 is 0.684 bits per heavy atom. The fourth-order valence-corrected chi connectivity index (χ4v) is 2.53. The maximum Gasteiger partial charge on any atom is 0.115 e. The van der Waals surface area contributed by atoms with E-state index in [2.05, 4.69) is 20.8 Å². The van der Waals surface area contributed by atoms with Crippen molar-refractivity contribution in [2.45, 2.75) is 26.7 Å². The Balaban J connectivity index is 2.47. The third kappa shape index (κ3) is 3.08. The van der Waals surface area contributed by atoms with Gasteiger partial charge in [0.1, 0.15) is 11.5 Å². The highest BCUT2D eigenvalue weighted by Gasteiger charge is 2.27. The van der Waals surface area contributed by atoms with Crippen LogP contribution in [0, 0.1) is 5.41 Å². The predicted molar refractivity (Wildman–Crippen MR) is 77.5 cm³/mol. The van der Waals surface area contributed by atoms with E-state index in [9.17, 15) is 10.2 Å². The van der Waals surface area contributed by atoms with E-state index in [-0.39, 0.29) is 22.8 Å². The molecular formula is C17H20O2. The summed E-state index contributed by atoms with van der Waals surface area (Å²) in [5, 5.41) is 18.8. The zero-order chi connectivity index (χ0) is 14.0. The molecule has 0 aliphatic carbocycles. The highest BCUT2D eigenvalue weighted by molar-refractivity contribution is 5.39. The van der Waals surface area contributed by atoms with E-state index < -0.39 is 0 Å². The summed E-state index contributed by atoms with van der Waals surface area (Å²) in [6.07, 6.45) is 0. The van der Waals surface area contributed by atoms with Gasteiger partial charge in [0.25, 0.3) is 0 Å². The third-order valence-corrected chi connectivity index (χ3v) is 3.32. The summed E-state index contributed by atoms with van der Waals surface area (Å²) >= 11 is 0. The number of aromatic hydroxyl groups is 2. The fraction of sp³-hybridized carbons (Fsp3) is 0.294. The third-order valence-electron chi connectivity index (χ3n) is 3.32. The molecule has 2 rings (SSSR count). The van der Waals surface area contributed by atoms with Gasteiger partial charge in [0.2, 0.25) is 0 Å². The molecule has 0 amide bonds. The lowest BCUT2D eigenvalue weighted by Gasteiger charge is -2.31. The Hall–Kier alpha value is -1.96. The van der Waals surface area contributed by atoms with Crippen LogP contribution in [0.4, 0.5) is 0 Å². The summed E-state index contributed by atoms with van der Waals surface area (Å²) in [7, 11) is 0. The molecule has 19 heavy (non-hydrogen) atoms. The lowest BCUT2D eigenvalue weighted by molar-refractivity contribution is 0.358. The van der Waals surface area contributed by atoms with Crippen molar-refractivity contribution in [1.82, 2.24) is 0 Å². The molecule has 0 saturated carbocycles. The molecule has 2 nitrogen and oxygen atoms in total. The van der Waals surface area contributed by atoms with Crippen LogP contribution < -0.4 is 0 Å². The van der Waals surface area contributed by atoms with E-state index in [1.54, 1.807) is 24.3 Å². The average molecular weight is 256 g/mol. The summed E-state index contributed by atoms with van der Waals surface area (Å²) in [4.78, 5) is 0. The molecule has 2 heteroatoms. The van der Waals surface area contributed by atoms with Crippen LogP contribution in [0.3, 0.4) is 0 Å². The van der Waals surface area contributed by atoms with Gasteiger partial charge >= 0.3 is 0 Å². The van der Waals surface area contributed by atoms with Gasteiger partial charge in [-0.05, 0) is 40.8 Å². The van der Waals surface area contributed by atoms with E-state index in [4.69, 9.17) is 0 Å². The summed E-state index contributed by atoms with van der Waals surface area (Å²) in [5.74, 6) is 0.776. The van der Waals surface area contributed by atoms with Crippen molar-refractivity contribution in [3.8, 4) is 11.5 Å². The molecule has 0 fully saturated rings. The summed E-state index contributed by atoms with van der Waals surface area (Å²) in [5.41, 5.74) is 2.38. The van der Waals surface area contributed by atoms with Crippen molar-refractivity contribution in [2.24, 2.45) is 5.41 Å². The maximum absolute atomic E-state index is 9.42. The molecule has 2 N–H and O–H groups in total. The minimum Gasteiger partial charge on any atom is -0.508 e. The molecule has 0 aromatic heterocycles. The van der Waals surface area contributed by atoms with Crippen LogP contribution in [-0.4, -0.2) is 10.2 Å². The molecule has 0 radical (unpaired) electrons. The molecule has 0 heterocycles. The standard InChI is InChI=1S/C17H20O2/c1-17(2,3)16(12-4-8-14(18)9-5-12)13-6-10-15(19)11-7-13/h4-11,16,18-19H,1-3H3. The Labute approximate surface area is 114 Å². The molecule has 0 aliphatic rings. The second kappa shape index (κ2) is 4.96. The van der Waals surface area contributed by atoms with E-state index >= 15 is 0 Å². The van der Waals surface area contributed by atoms with Crippen LogP contribution in [0.15, 0.2) is 48.5 Å². The van der Waals surface area contributed by atoms with Crippen LogP contribution >= 0.6 is 0 Å². The number of benzene rings is 2. The zero-order valence-electron chi connectivity index (χ0n) is 11.6. The lowest BCUT2D eigenvalue weighted by Crippen LogP contribution is -2.19. The van der Waals surface area contributed by atoms with Gasteiger partial charge in [-0.25, -0.2) is 0 Å². The Bertz CT molecular complexity index is 487. The van der Waals surface area contributed by atoms with Crippen molar-refractivity contribution < 1.29 is 10.2 Å². The van der Waals surface area contributed by atoms with Crippen LogP contribution in [0.2, 0.25) is 0 Å². The predicted octanol–water partition coefficient (Wildman–Crippen LogP) is 4.28. The second-order valence-corrected chi connectivity index (χ2v) is 5.98. The number of hydrogen-bond acceptors (Lipinski definition) is 2. The first-order chi connectivity index (χ1) is 8.88. The summed E-state index contributed by atoms with van der Waals surface area (Å²) < 4.78 is 0. The summed E-state index contributed by atoms with van der Waals surface area (Å²) in [6, 6.07) is 14.7. The molecule has 100 valence electrons. The van der Waals surface area contributed by atoms with Crippen LogP contribution in [0.1, 0.15) is 37.8 Å². The Kier molecular flexibility index (Phi) is 3.52. The first-order valence-corrected chi connectivity index (χ1v) is 6.46. The fourth-order valence-electron chi connectivity index (χ4n) is 2.53. The van der Waals surface area contributed by atoms with Gasteiger partial charge in [-0.2, -0.15) is 0 Å². The second-order valence-electron chi connectivity index (χ2n) is 5.98. The number of phenols is 2. The summed E-state index contributed by atoms with van der Waals surface area (Å²) in [6.45, 7) is 6.58. The van der Waals surface area contributed by atoms with E-state index in [0.717, 1.165) is 11.1 Å². The van der Waals surface area contributed by atoms with Crippen LogP contribution in [0.5, 0.6) is 11.5 Å². The molecule has 0 atom stereocenters. The van der Waals surface area contributed by atoms with E-state index in [1.807, 2.05) is 24.3 Å². The molecule has 2 aromatic rings. The van der Waals surface area contributed by atoms with Crippen LogP contribution in [-0.2, 0) is 0 Å². The average Bonchev–Trinajstić information content (AvgIpc) is 2.33. The van der Waals surface area contributed by atoms with Crippen molar-refractivity contribution >= 4 is 0 Å². The largest absolute Gasteiger partial charge is 0.508 e. The van der Waals surface area contributed by atoms with Gasteiger partial charge in [0.05, 0.1) is 0 Å². The Morgan fingerprint density at radius 3 is 1.26 bits per heavy atom. The number of rotatable bonds is 2. The monoisotopic (exact) mass is 256 g/mol. The molecule has 0 bridgehead atoms. The quantitative estimate of drug-likeness (QED) is 0.842.